The highest BCUT2D eigenvalue weighted by molar-refractivity contribution is 14.1. The lowest BCUT2D eigenvalue weighted by atomic mass is 10.2. The first-order chi connectivity index (χ1) is 11.3. The Morgan fingerprint density at radius 3 is 2.74 bits per heavy atom. The van der Waals surface area contributed by atoms with E-state index < -0.39 is 0 Å². The van der Waals surface area contributed by atoms with Crippen molar-refractivity contribution in [3.05, 3.63) is 48.0 Å². The molecule has 120 valence electrons. The third kappa shape index (κ3) is 4.43. The molecular formula is C18H19IN2OS. The van der Waals surface area contributed by atoms with Crippen molar-refractivity contribution < 1.29 is 4.74 Å². The van der Waals surface area contributed by atoms with E-state index in [0.29, 0.717) is 0 Å². The van der Waals surface area contributed by atoms with Gasteiger partial charge >= 0.3 is 0 Å². The van der Waals surface area contributed by atoms with E-state index in [1.54, 1.807) is 11.3 Å². The largest absolute Gasteiger partial charge is 0.383 e. The van der Waals surface area contributed by atoms with Crippen LogP contribution in [0.5, 0.6) is 0 Å². The van der Waals surface area contributed by atoms with Crippen LogP contribution in [0, 0.1) is 6.92 Å². The molecule has 0 unspecified atom stereocenters. The fourth-order valence-corrected chi connectivity index (χ4v) is 3.69. The molecular weight excluding hydrogens is 419 g/mol. The molecule has 1 N–H and O–H groups in total. The van der Waals surface area contributed by atoms with Crippen LogP contribution in [0.15, 0.2) is 42.5 Å². The summed E-state index contributed by atoms with van der Waals surface area (Å²) in [5, 5.41) is 4.44. The molecule has 0 bridgehead atoms. The number of aromatic nitrogens is 1. The SMILES string of the molecule is Cc1ccc2nc(-c3ccc(NCCOCCI)cc3)sc2c1. The van der Waals surface area contributed by atoms with Gasteiger partial charge in [-0.25, -0.2) is 4.98 Å². The Morgan fingerprint density at radius 1 is 1.13 bits per heavy atom. The van der Waals surface area contributed by atoms with Gasteiger partial charge in [0.15, 0.2) is 0 Å². The first-order valence-electron chi connectivity index (χ1n) is 7.61. The summed E-state index contributed by atoms with van der Waals surface area (Å²) in [7, 11) is 0. The Bertz CT molecular complexity index is 770. The molecule has 0 aliphatic carbocycles. The summed E-state index contributed by atoms with van der Waals surface area (Å²) in [4.78, 5) is 4.73. The number of nitrogens with zero attached hydrogens (tertiary/aromatic N) is 1. The number of halogens is 1. The first kappa shape index (κ1) is 16.7. The molecule has 0 saturated carbocycles. The van der Waals surface area contributed by atoms with Gasteiger partial charge in [0, 0.05) is 22.2 Å². The van der Waals surface area contributed by atoms with Crippen molar-refractivity contribution in [2.75, 3.05) is 29.5 Å². The van der Waals surface area contributed by atoms with Crippen LogP contribution >= 0.6 is 33.9 Å². The van der Waals surface area contributed by atoms with Gasteiger partial charge in [0.25, 0.3) is 0 Å². The van der Waals surface area contributed by atoms with Gasteiger partial charge in [0.2, 0.25) is 0 Å². The van der Waals surface area contributed by atoms with Crippen molar-refractivity contribution in [3.8, 4) is 10.6 Å². The Hall–Kier alpha value is -1.18. The number of anilines is 1. The molecule has 0 aliphatic heterocycles. The van der Waals surface area contributed by atoms with Crippen molar-refractivity contribution in [3.63, 3.8) is 0 Å². The van der Waals surface area contributed by atoms with Gasteiger partial charge in [-0.3, -0.25) is 0 Å². The Balaban J connectivity index is 1.66. The molecule has 0 spiro atoms. The van der Waals surface area contributed by atoms with Gasteiger partial charge in [-0.05, 0) is 48.9 Å². The zero-order valence-electron chi connectivity index (χ0n) is 13.0. The van der Waals surface area contributed by atoms with Gasteiger partial charge in [-0.2, -0.15) is 0 Å². The third-order valence-corrected chi connectivity index (χ3v) is 4.98. The maximum atomic E-state index is 5.46. The average molecular weight is 438 g/mol. The summed E-state index contributed by atoms with van der Waals surface area (Å²) >= 11 is 4.06. The highest BCUT2D eigenvalue weighted by Crippen LogP contribution is 2.31. The third-order valence-electron chi connectivity index (χ3n) is 3.47. The normalized spacial score (nSPS) is 11.0. The van der Waals surface area contributed by atoms with E-state index in [9.17, 15) is 0 Å². The number of ether oxygens (including phenoxy) is 1. The van der Waals surface area contributed by atoms with Crippen LogP contribution in [-0.4, -0.2) is 29.2 Å². The molecule has 1 heterocycles. The number of benzene rings is 2. The van der Waals surface area contributed by atoms with Gasteiger partial charge in [0.05, 0.1) is 23.4 Å². The number of hydrogen-bond acceptors (Lipinski definition) is 4. The fraction of sp³-hybridized carbons (Fsp3) is 0.278. The van der Waals surface area contributed by atoms with Crippen LogP contribution in [-0.2, 0) is 4.74 Å². The number of alkyl halides is 1. The molecule has 3 rings (SSSR count). The molecule has 0 amide bonds. The average Bonchev–Trinajstić information content (AvgIpc) is 2.98. The van der Waals surface area contributed by atoms with E-state index in [2.05, 4.69) is 77.3 Å². The van der Waals surface area contributed by atoms with E-state index in [1.165, 1.54) is 10.3 Å². The molecule has 23 heavy (non-hydrogen) atoms. The Morgan fingerprint density at radius 2 is 1.96 bits per heavy atom. The zero-order chi connectivity index (χ0) is 16.1. The number of hydrogen-bond donors (Lipinski definition) is 1. The predicted molar refractivity (Wildman–Crippen MR) is 108 cm³/mol. The van der Waals surface area contributed by atoms with E-state index in [-0.39, 0.29) is 0 Å². The van der Waals surface area contributed by atoms with Crippen LogP contribution in [0.4, 0.5) is 5.69 Å². The Labute approximate surface area is 154 Å². The molecule has 1 aromatic heterocycles. The first-order valence-corrected chi connectivity index (χ1v) is 9.96. The second-order valence-corrected chi connectivity index (χ2v) is 7.41. The topological polar surface area (TPSA) is 34.2 Å². The number of nitrogens with one attached hydrogen (secondary N) is 1. The number of thiazole rings is 1. The molecule has 3 nitrogen and oxygen atoms in total. The van der Waals surface area contributed by atoms with E-state index >= 15 is 0 Å². The monoisotopic (exact) mass is 438 g/mol. The lowest BCUT2D eigenvalue weighted by molar-refractivity contribution is 0.162. The molecule has 0 atom stereocenters. The molecule has 5 heteroatoms. The van der Waals surface area contributed by atoms with Gasteiger partial charge in [0.1, 0.15) is 5.01 Å². The number of rotatable bonds is 7. The fourth-order valence-electron chi connectivity index (χ4n) is 2.31. The van der Waals surface area contributed by atoms with Crippen molar-refractivity contribution in [2.45, 2.75) is 6.92 Å². The van der Waals surface area contributed by atoms with Crippen molar-refractivity contribution in [2.24, 2.45) is 0 Å². The van der Waals surface area contributed by atoms with E-state index in [0.717, 1.165) is 46.0 Å². The molecule has 0 fully saturated rings. The minimum atomic E-state index is 0.738. The summed E-state index contributed by atoms with van der Waals surface area (Å²) in [6.07, 6.45) is 0. The molecule has 3 aromatic rings. The summed E-state index contributed by atoms with van der Waals surface area (Å²) < 4.78 is 7.74. The van der Waals surface area contributed by atoms with Crippen molar-refractivity contribution in [1.29, 1.82) is 0 Å². The van der Waals surface area contributed by atoms with E-state index in [1.807, 2.05) is 0 Å². The molecule has 2 aromatic carbocycles. The summed E-state index contributed by atoms with van der Waals surface area (Å²) in [5.41, 5.74) is 4.63. The van der Waals surface area contributed by atoms with Gasteiger partial charge in [-0.15, -0.1) is 11.3 Å². The quantitative estimate of drug-likeness (QED) is 0.315. The smallest absolute Gasteiger partial charge is 0.124 e. The highest BCUT2D eigenvalue weighted by Gasteiger charge is 2.06. The second-order valence-electron chi connectivity index (χ2n) is 5.30. The van der Waals surface area contributed by atoms with Crippen LogP contribution in [0.1, 0.15) is 5.56 Å². The number of aryl methyl sites for hydroxylation is 1. The van der Waals surface area contributed by atoms with Crippen LogP contribution in [0.25, 0.3) is 20.8 Å². The van der Waals surface area contributed by atoms with Crippen molar-refractivity contribution in [1.82, 2.24) is 4.98 Å². The summed E-state index contributed by atoms with van der Waals surface area (Å²) in [6.45, 7) is 4.50. The summed E-state index contributed by atoms with van der Waals surface area (Å²) in [5.74, 6) is 0. The van der Waals surface area contributed by atoms with Gasteiger partial charge < -0.3 is 10.1 Å². The minimum absolute atomic E-state index is 0.738. The molecule has 0 aliphatic rings. The maximum Gasteiger partial charge on any atom is 0.124 e. The maximum absolute atomic E-state index is 5.46. The number of fused-ring (bicyclic) bond motifs is 1. The van der Waals surface area contributed by atoms with Crippen molar-refractivity contribution >= 4 is 49.8 Å². The lowest BCUT2D eigenvalue weighted by Gasteiger charge is -2.07. The van der Waals surface area contributed by atoms with Crippen LogP contribution in [0.2, 0.25) is 0 Å². The zero-order valence-corrected chi connectivity index (χ0v) is 16.0. The lowest BCUT2D eigenvalue weighted by Crippen LogP contribution is -2.10. The minimum Gasteiger partial charge on any atom is -0.383 e. The predicted octanol–water partition coefficient (Wildman–Crippen LogP) is 5.14. The summed E-state index contributed by atoms with van der Waals surface area (Å²) in [6, 6.07) is 14.9. The molecule has 0 saturated heterocycles. The van der Waals surface area contributed by atoms with Crippen LogP contribution in [0.3, 0.4) is 0 Å². The standard InChI is InChI=1S/C18H19IN2OS/c1-13-2-7-16-17(12-13)23-18(21-16)14-3-5-15(6-4-14)20-9-11-22-10-8-19/h2-7,12,20H,8-11H2,1H3. The van der Waals surface area contributed by atoms with E-state index in [4.69, 9.17) is 9.72 Å². The molecule has 0 radical (unpaired) electrons. The van der Waals surface area contributed by atoms with Crippen LogP contribution < -0.4 is 5.32 Å². The van der Waals surface area contributed by atoms with Gasteiger partial charge in [-0.1, -0.05) is 28.7 Å². The highest BCUT2D eigenvalue weighted by atomic mass is 127. The Kier molecular flexibility index (Phi) is 5.85. The second kappa shape index (κ2) is 8.08.